The first-order valence-electron chi connectivity index (χ1n) is 7.33. The lowest BCUT2D eigenvalue weighted by molar-refractivity contribution is 0.0577. The second-order valence-corrected chi connectivity index (χ2v) is 7.09. The molecule has 7 nitrogen and oxygen atoms in total. The fourth-order valence-electron chi connectivity index (χ4n) is 1.92. The van der Waals surface area contributed by atoms with Crippen LogP contribution in [0, 0.1) is 5.82 Å². The summed E-state index contributed by atoms with van der Waals surface area (Å²) in [6, 6.07) is 1.22. The molecule has 0 radical (unpaired) electrons. The molecule has 2 heterocycles. The van der Waals surface area contributed by atoms with Crippen LogP contribution in [0.15, 0.2) is 18.5 Å². The number of amides is 1. The smallest absolute Gasteiger partial charge is 0.416 e. The Balaban J connectivity index is 2.39. The lowest BCUT2D eigenvalue weighted by Gasteiger charge is -2.26. The zero-order chi connectivity index (χ0) is 18.6. The molecule has 134 valence electrons. The van der Waals surface area contributed by atoms with Gasteiger partial charge in [0.05, 0.1) is 30.9 Å². The van der Waals surface area contributed by atoms with Gasteiger partial charge < -0.3 is 9.47 Å². The first-order valence-corrected chi connectivity index (χ1v) is 8.15. The lowest BCUT2D eigenvalue weighted by atomic mass is 10.2. The molecule has 25 heavy (non-hydrogen) atoms. The fraction of sp³-hybridized carbons (Fsp3) is 0.375. The Labute approximate surface area is 148 Å². The molecule has 0 fully saturated rings. The number of aldehydes is 1. The molecule has 0 atom stereocenters. The van der Waals surface area contributed by atoms with Crippen LogP contribution < -0.4 is 9.64 Å². The molecule has 2 aromatic heterocycles. The minimum absolute atomic E-state index is 0.0747. The van der Waals surface area contributed by atoms with Crippen molar-refractivity contribution < 1.29 is 23.5 Å². The molecule has 0 unspecified atom stereocenters. The van der Waals surface area contributed by atoms with E-state index in [1.54, 1.807) is 20.8 Å². The van der Waals surface area contributed by atoms with Gasteiger partial charge in [0.2, 0.25) is 5.88 Å². The number of rotatable bonds is 5. The summed E-state index contributed by atoms with van der Waals surface area (Å²) in [5.41, 5.74) is -0.388. The van der Waals surface area contributed by atoms with Crippen LogP contribution >= 0.6 is 11.3 Å². The molecule has 0 N–H and O–H groups in total. The van der Waals surface area contributed by atoms with Crippen LogP contribution in [-0.2, 0) is 11.3 Å². The first-order chi connectivity index (χ1) is 11.7. The maximum Gasteiger partial charge on any atom is 0.416 e. The Morgan fingerprint density at radius 3 is 2.64 bits per heavy atom. The van der Waals surface area contributed by atoms with Crippen LogP contribution in [-0.4, -0.2) is 35.1 Å². The van der Waals surface area contributed by atoms with Gasteiger partial charge in [-0.1, -0.05) is 11.3 Å². The molecule has 0 bridgehead atoms. The van der Waals surface area contributed by atoms with E-state index in [-0.39, 0.29) is 17.6 Å². The van der Waals surface area contributed by atoms with E-state index in [9.17, 15) is 14.0 Å². The highest BCUT2D eigenvalue weighted by atomic mass is 32.1. The molecule has 0 aliphatic heterocycles. The number of hydrogen-bond donors (Lipinski definition) is 0. The molecule has 1 amide bonds. The maximum absolute atomic E-state index is 13.6. The van der Waals surface area contributed by atoms with E-state index >= 15 is 0 Å². The predicted octanol–water partition coefficient (Wildman–Crippen LogP) is 3.44. The van der Waals surface area contributed by atoms with E-state index in [2.05, 4.69) is 9.97 Å². The largest absolute Gasteiger partial charge is 0.481 e. The second-order valence-electron chi connectivity index (χ2n) is 6.05. The molecular formula is C16H18FN3O4S. The van der Waals surface area contributed by atoms with E-state index in [4.69, 9.17) is 9.47 Å². The highest BCUT2D eigenvalue weighted by Gasteiger charge is 2.27. The van der Waals surface area contributed by atoms with Crippen molar-refractivity contribution in [1.29, 1.82) is 0 Å². The molecule has 2 aromatic rings. The van der Waals surface area contributed by atoms with Gasteiger partial charge in [0.25, 0.3) is 0 Å². The number of carbonyl (C=O) groups excluding carboxylic acids is 2. The number of aromatic nitrogens is 2. The number of halogens is 1. The standard InChI is InChI=1S/C16H18FN3O4S/c1-16(2,3)24-15(22)20(14-19-7-12(9-21)25-14)8-10-5-11(17)6-18-13(10)23-4/h5-7,9H,8H2,1-4H3. The van der Waals surface area contributed by atoms with Crippen molar-refractivity contribution in [3.8, 4) is 5.88 Å². The number of ether oxygens (including phenoxy) is 2. The van der Waals surface area contributed by atoms with Crippen LogP contribution in [0.1, 0.15) is 36.0 Å². The Morgan fingerprint density at radius 2 is 2.08 bits per heavy atom. The Hall–Kier alpha value is -2.55. The van der Waals surface area contributed by atoms with Gasteiger partial charge >= 0.3 is 6.09 Å². The van der Waals surface area contributed by atoms with Crippen LogP contribution in [0.3, 0.4) is 0 Å². The summed E-state index contributed by atoms with van der Waals surface area (Å²) in [5, 5.41) is 0.252. The average Bonchev–Trinajstić information content (AvgIpc) is 2.99. The Kier molecular flexibility index (Phi) is 5.68. The van der Waals surface area contributed by atoms with Crippen LogP contribution in [0.2, 0.25) is 0 Å². The third-order valence-corrected chi connectivity index (χ3v) is 3.83. The van der Waals surface area contributed by atoms with Crippen LogP contribution in [0.4, 0.5) is 14.3 Å². The third-order valence-electron chi connectivity index (χ3n) is 2.89. The molecule has 0 saturated heterocycles. The van der Waals surface area contributed by atoms with Gasteiger partial charge in [-0.2, -0.15) is 0 Å². The SMILES string of the molecule is COc1ncc(F)cc1CN(C(=O)OC(C)(C)C)c1ncc(C=O)s1. The van der Waals surface area contributed by atoms with Crippen molar-refractivity contribution in [1.82, 2.24) is 9.97 Å². The number of methoxy groups -OCH3 is 1. The zero-order valence-corrected chi connectivity index (χ0v) is 15.1. The van der Waals surface area contributed by atoms with E-state index in [0.717, 1.165) is 17.5 Å². The van der Waals surface area contributed by atoms with Gasteiger partial charge in [-0.25, -0.2) is 24.1 Å². The summed E-state index contributed by atoms with van der Waals surface area (Å²) < 4.78 is 24.1. The molecule has 0 aromatic carbocycles. The Bertz CT molecular complexity index is 773. The Morgan fingerprint density at radius 1 is 1.36 bits per heavy atom. The van der Waals surface area contributed by atoms with Crippen molar-refractivity contribution in [2.45, 2.75) is 32.9 Å². The fourth-order valence-corrected chi connectivity index (χ4v) is 2.64. The van der Waals surface area contributed by atoms with Crippen molar-refractivity contribution in [3.63, 3.8) is 0 Å². The molecular weight excluding hydrogens is 349 g/mol. The molecule has 0 aliphatic carbocycles. The van der Waals surface area contributed by atoms with Crippen LogP contribution in [0.25, 0.3) is 0 Å². The summed E-state index contributed by atoms with van der Waals surface area (Å²) >= 11 is 1.02. The summed E-state index contributed by atoms with van der Waals surface area (Å²) in [6.45, 7) is 5.11. The zero-order valence-electron chi connectivity index (χ0n) is 14.3. The van der Waals surface area contributed by atoms with Gasteiger partial charge in [-0.3, -0.25) is 4.79 Å². The summed E-state index contributed by atoms with van der Waals surface area (Å²) in [6.07, 6.45) is 2.34. The minimum Gasteiger partial charge on any atom is -0.481 e. The molecule has 9 heteroatoms. The quantitative estimate of drug-likeness (QED) is 0.753. The highest BCUT2D eigenvalue weighted by molar-refractivity contribution is 7.17. The van der Waals surface area contributed by atoms with E-state index < -0.39 is 17.5 Å². The van der Waals surface area contributed by atoms with Crippen molar-refractivity contribution in [2.75, 3.05) is 12.0 Å². The van der Waals surface area contributed by atoms with E-state index in [1.807, 2.05) is 0 Å². The minimum atomic E-state index is -0.732. The molecule has 0 aliphatic rings. The van der Waals surface area contributed by atoms with Crippen molar-refractivity contribution in [3.05, 3.63) is 34.7 Å². The summed E-state index contributed by atoms with van der Waals surface area (Å²) in [4.78, 5) is 33.0. The first kappa shape index (κ1) is 18.8. The molecule has 0 spiro atoms. The number of nitrogens with zero attached hydrogens (tertiary/aromatic N) is 3. The lowest BCUT2D eigenvalue weighted by Crippen LogP contribution is -2.36. The number of thiazole rings is 1. The normalized spacial score (nSPS) is 11.1. The molecule has 0 saturated carbocycles. The average molecular weight is 367 g/mol. The third kappa shape index (κ3) is 4.96. The second kappa shape index (κ2) is 7.56. The van der Waals surface area contributed by atoms with Crippen LogP contribution in [0.5, 0.6) is 5.88 Å². The summed E-state index contributed by atoms with van der Waals surface area (Å²) in [5.74, 6) is -0.380. The molecule has 2 rings (SSSR count). The van der Waals surface area contributed by atoms with Crippen molar-refractivity contribution in [2.24, 2.45) is 0 Å². The summed E-state index contributed by atoms with van der Waals surface area (Å²) in [7, 11) is 1.40. The predicted molar refractivity (Wildman–Crippen MR) is 90.7 cm³/mol. The number of hydrogen-bond acceptors (Lipinski definition) is 7. The topological polar surface area (TPSA) is 81.6 Å². The van der Waals surface area contributed by atoms with Gasteiger partial charge in [-0.05, 0) is 26.8 Å². The van der Waals surface area contributed by atoms with Gasteiger partial charge in [0, 0.05) is 5.56 Å². The van der Waals surface area contributed by atoms with E-state index in [0.29, 0.717) is 16.7 Å². The number of carbonyl (C=O) groups is 2. The van der Waals surface area contributed by atoms with Gasteiger partial charge in [-0.15, -0.1) is 0 Å². The van der Waals surface area contributed by atoms with Gasteiger partial charge in [0.1, 0.15) is 11.4 Å². The van der Waals surface area contributed by atoms with Crippen molar-refractivity contribution >= 4 is 28.8 Å². The monoisotopic (exact) mass is 367 g/mol. The van der Waals surface area contributed by atoms with E-state index in [1.165, 1.54) is 24.3 Å². The maximum atomic E-state index is 13.6. The highest BCUT2D eigenvalue weighted by Crippen LogP contribution is 2.27. The van der Waals surface area contributed by atoms with Gasteiger partial charge in [0.15, 0.2) is 11.4 Å². The number of anilines is 1. The number of pyridine rings is 1.